The molecule has 1 aliphatic rings. The van der Waals surface area contributed by atoms with Gasteiger partial charge in [0.15, 0.2) is 0 Å². The Balaban J connectivity index is 2.33. The van der Waals surface area contributed by atoms with Crippen LogP contribution in [0.15, 0.2) is 17.0 Å². The van der Waals surface area contributed by atoms with Crippen molar-refractivity contribution in [1.82, 2.24) is 10.0 Å². The molecule has 0 aliphatic carbocycles. The maximum absolute atomic E-state index is 12.4. The van der Waals surface area contributed by atoms with Crippen molar-refractivity contribution < 1.29 is 13.2 Å². The van der Waals surface area contributed by atoms with Gasteiger partial charge in [-0.1, -0.05) is 0 Å². The number of nitrogen functional groups attached to an aromatic ring is 1. The van der Waals surface area contributed by atoms with Gasteiger partial charge in [-0.15, -0.1) is 0 Å². The van der Waals surface area contributed by atoms with Gasteiger partial charge < -0.3 is 11.1 Å². The van der Waals surface area contributed by atoms with E-state index in [9.17, 15) is 13.2 Å². The number of hydrogen-bond acceptors (Lipinski definition) is 4. The van der Waals surface area contributed by atoms with Crippen molar-refractivity contribution in [1.29, 1.82) is 0 Å². The molecule has 2 rings (SSSR count). The van der Waals surface area contributed by atoms with E-state index in [1.165, 1.54) is 6.07 Å². The average Bonchev–Trinajstić information content (AvgIpc) is 2.36. The van der Waals surface area contributed by atoms with Crippen molar-refractivity contribution in [3.8, 4) is 0 Å². The third-order valence-corrected chi connectivity index (χ3v) is 5.11. The Morgan fingerprint density at radius 3 is 2.70 bits per heavy atom. The monoisotopic (exact) mass is 297 g/mol. The molecule has 0 radical (unpaired) electrons. The molecule has 1 saturated heterocycles. The van der Waals surface area contributed by atoms with E-state index in [4.69, 9.17) is 5.73 Å². The highest BCUT2D eigenvalue weighted by Crippen LogP contribution is 2.23. The Kier molecular flexibility index (Phi) is 4.01. The van der Waals surface area contributed by atoms with Crippen molar-refractivity contribution in [2.75, 3.05) is 12.3 Å². The molecule has 0 bridgehead atoms. The smallest absolute Gasteiger partial charge is 0.241 e. The van der Waals surface area contributed by atoms with E-state index in [0.717, 1.165) is 12.0 Å². The third-order valence-electron chi connectivity index (χ3n) is 3.51. The number of anilines is 1. The van der Waals surface area contributed by atoms with E-state index < -0.39 is 16.1 Å². The maximum Gasteiger partial charge on any atom is 0.241 e. The van der Waals surface area contributed by atoms with Gasteiger partial charge in [-0.2, -0.15) is 4.72 Å². The van der Waals surface area contributed by atoms with Gasteiger partial charge >= 0.3 is 0 Å². The molecule has 1 amide bonds. The predicted molar refractivity (Wildman–Crippen MR) is 76.7 cm³/mol. The highest BCUT2D eigenvalue weighted by Gasteiger charge is 2.28. The van der Waals surface area contributed by atoms with Crippen LogP contribution >= 0.6 is 0 Å². The molecule has 1 unspecified atom stereocenters. The van der Waals surface area contributed by atoms with Crippen LogP contribution in [0.3, 0.4) is 0 Å². The number of benzene rings is 1. The van der Waals surface area contributed by atoms with Crippen LogP contribution in [0.4, 0.5) is 5.69 Å². The van der Waals surface area contributed by atoms with Gasteiger partial charge in [0.25, 0.3) is 0 Å². The molecular weight excluding hydrogens is 278 g/mol. The fraction of sp³-hybridized carbons (Fsp3) is 0.462. The van der Waals surface area contributed by atoms with Crippen molar-refractivity contribution in [3.63, 3.8) is 0 Å². The van der Waals surface area contributed by atoms with Gasteiger partial charge in [-0.25, -0.2) is 8.42 Å². The Bertz CT molecular complexity index is 641. The Labute approximate surface area is 118 Å². The van der Waals surface area contributed by atoms with Crippen molar-refractivity contribution in [3.05, 3.63) is 23.3 Å². The van der Waals surface area contributed by atoms with Gasteiger partial charge in [0, 0.05) is 12.2 Å². The Morgan fingerprint density at radius 2 is 2.05 bits per heavy atom. The highest BCUT2D eigenvalue weighted by atomic mass is 32.2. The number of sulfonamides is 1. The second-order valence-electron chi connectivity index (χ2n) is 5.07. The van der Waals surface area contributed by atoms with Crippen molar-refractivity contribution in [2.45, 2.75) is 37.6 Å². The molecule has 20 heavy (non-hydrogen) atoms. The largest absolute Gasteiger partial charge is 0.399 e. The van der Waals surface area contributed by atoms with Gasteiger partial charge in [0.1, 0.15) is 6.04 Å². The topological polar surface area (TPSA) is 101 Å². The number of carbonyl (C=O) groups is 1. The van der Waals surface area contributed by atoms with Crippen LogP contribution in [0, 0.1) is 13.8 Å². The number of carbonyl (C=O) groups excluding carboxylic acids is 1. The lowest BCUT2D eigenvalue weighted by Gasteiger charge is -2.23. The molecule has 1 fully saturated rings. The van der Waals surface area contributed by atoms with E-state index >= 15 is 0 Å². The number of hydrogen-bond donors (Lipinski definition) is 3. The number of rotatable bonds is 3. The van der Waals surface area contributed by atoms with E-state index in [0.29, 0.717) is 24.2 Å². The van der Waals surface area contributed by atoms with Crippen LogP contribution in [0.5, 0.6) is 0 Å². The summed E-state index contributed by atoms with van der Waals surface area (Å²) in [5.74, 6) is -0.280. The fourth-order valence-corrected chi connectivity index (χ4v) is 3.85. The fourth-order valence-electron chi connectivity index (χ4n) is 2.27. The number of amides is 1. The molecule has 6 nitrogen and oxygen atoms in total. The summed E-state index contributed by atoms with van der Waals surface area (Å²) in [5, 5.41) is 2.65. The molecule has 1 aromatic rings. The van der Waals surface area contributed by atoms with Crippen LogP contribution in [0.2, 0.25) is 0 Å². The second-order valence-corrected chi connectivity index (χ2v) is 6.75. The van der Waals surface area contributed by atoms with Crippen LogP contribution in [0.1, 0.15) is 24.0 Å². The summed E-state index contributed by atoms with van der Waals surface area (Å²) in [6.45, 7) is 4.12. The molecule has 1 heterocycles. The normalized spacial score (nSPS) is 19.7. The SMILES string of the molecule is Cc1cc(N)cc(S(=O)(=O)NC2CCCNC2=O)c1C. The first-order chi connectivity index (χ1) is 9.31. The van der Waals surface area contributed by atoms with Crippen LogP contribution in [0.25, 0.3) is 0 Å². The summed E-state index contributed by atoms with van der Waals surface area (Å²) in [7, 11) is -3.76. The highest BCUT2D eigenvalue weighted by molar-refractivity contribution is 7.89. The van der Waals surface area contributed by atoms with Gasteiger partial charge in [0.05, 0.1) is 4.90 Å². The number of piperidine rings is 1. The average molecular weight is 297 g/mol. The Hall–Kier alpha value is -1.60. The molecule has 7 heteroatoms. The number of aryl methyl sites for hydroxylation is 1. The zero-order chi connectivity index (χ0) is 14.9. The molecule has 1 aliphatic heterocycles. The standard InChI is InChI=1S/C13H19N3O3S/c1-8-6-10(14)7-12(9(8)2)20(18,19)16-11-4-3-5-15-13(11)17/h6-7,11,16H,3-5,14H2,1-2H3,(H,15,17). The lowest BCUT2D eigenvalue weighted by molar-refractivity contribution is -0.124. The molecule has 0 spiro atoms. The van der Waals surface area contributed by atoms with Gasteiger partial charge in [-0.05, 0) is 49.9 Å². The first-order valence-electron chi connectivity index (χ1n) is 6.48. The second kappa shape index (κ2) is 5.41. The van der Waals surface area contributed by atoms with Crippen molar-refractivity contribution in [2.24, 2.45) is 0 Å². The predicted octanol–water partition coefficient (Wildman–Crippen LogP) is 0.443. The molecule has 4 N–H and O–H groups in total. The lowest BCUT2D eigenvalue weighted by Crippen LogP contribution is -2.50. The van der Waals surface area contributed by atoms with E-state index in [2.05, 4.69) is 10.0 Å². The van der Waals surface area contributed by atoms with Crippen molar-refractivity contribution >= 4 is 21.6 Å². The summed E-state index contributed by atoms with van der Waals surface area (Å²) in [5.41, 5.74) is 7.55. The number of nitrogens with two attached hydrogens (primary N) is 1. The minimum absolute atomic E-state index is 0.133. The summed E-state index contributed by atoms with van der Waals surface area (Å²) >= 11 is 0. The number of nitrogens with one attached hydrogen (secondary N) is 2. The van der Waals surface area contributed by atoms with Crippen LogP contribution in [-0.2, 0) is 14.8 Å². The first-order valence-corrected chi connectivity index (χ1v) is 7.96. The molecule has 110 valence electrons. The molecule has 1 aromatic carbocycles. The molecule has 1 atom stereocenters. The molecule has 0 aromatic heterocycles. The molecular formula is C13H19N3O3S. The third kappa shape index (κ3) is 2.94. The summed E-state index contributed by atoms with van der Waals surface area (Å²) < 4.78 is 27.3. The lowest BCUT2D eigenvalue weighted by atomic mass is 10.1. The summed E-state index contributed by atoms with van der Waals surface area (Å²) in [6, 6.07) is 2.43. The summed E-state index contributed by atoms with van der Waals surface area (Å²) in [6.07, 6.45) is 1.26. The van der Waals surface area contributed by atoms with E-state index in [1.807, 2.05) is 0 Å². The van der Waals surface area contributed by atoms with Gasteiger partial charge in [-0.3, -0.25) is 4.79 Å². The van der Waals surface area contributed by atoms with Gasteiger partial charge in [0.2, 0.25) is 15.9 Å². The minimum Gasteiger partial charge on any atom is -0.399 e. The maximum atomic E-state index is 12.4. The molecule has 0 saturated carbocycles. The quantitative estimate of drug-likeness (QED) is 0.705. The summed E-state index contributed by atoms with van der Waals surface area (Å²) in [4.78, 5) is 11.8. The zero-order valence-electron chi connectivity index (χ0n) is 11.6. The Morgan fingerprint density at radius 1 is 1.35 bits per heavy atom. The van der Waals surface area contributed by atoms with E-state index in [1.54, 1.807) is 19.9 Å². The first kappa shape index (κ1) is 14.8. The minimum atomic E-state index is -3.76. The van der Waals surface area contributed by atoms with Crippen LogP contribution < -0.4 is 15.8 Å². The van der Waals surface area contributed by atoms with E-state index in [-0.39, 0.29) is 10.8 Å². The van der Waals surface area contributed by atoms with Crippen LogP contribution in [-0.4, -0.2) is 26.9 Å². The zero-order valence-corrected chi connectivity index (χ0v) is 12.4.